The predicted octanol–water partition coefficient (Wildman–Crippen LogP) is 5.67. The molecule has 28 heavy (non-hydrogen) atoms. The van der Waals surface area contributed by atoms with Crippen LogP contribution in [0.2, 0.25) is 5.02 Å². The minimum absolute atomic E-state index is 0.0318. The van der Waals surface area contributed by atoms with E-state index in [1.54, 1.807) is 6.07 Å². The van der Waals surface area contributed by atoms with Crippen molar-refractivity contribution in [2.24, 2.45) is 0 Å². The van der Waals surface area contributed by atoms with Crippen LogP contribution >= 0.6 is 39.3 Å². The molecule has 0 saturated carbocycles. The van der Waals surface area contributed by atoms with Gasteiger partial charge in [-0.3, -0.25) is 4.90 Å². The van der Waals surface area contributed by atoms with Crippen molar-refractivity contribution in [2.45, 2.75) is 29.8 Å². The summed E-state index contributed by atoms with van der Waals surface area (Å²) in [7, 11) is 0. The second kappa shape index (κ2) is 7.66. The van der Waals surface area contributed by atoms with Crippen molar-refractivity contribution in [2.75, 3.05) is 26.0 Å². The summed E-state index contributed by atoms with van der Waals surface area (Å²) in [6, 6.07) is 1.64. The molecule has 0 unspecified atom stereocenters. The van der Waals surface area contributed by atoms with E-state index in [0.29, 0.717) is 10.4 Å². The number of fused-ring (bicyclic) bond motifs is 2. The molecule has 0 N–H and O–H groups in total. The van der Waals surface area contributed by atoms with Crippen LogP contribution in [0.1, 0.15) is 19.3 Å². The summed E-state index contributed by atoms with van der Waals surface area (Å²) >= 11 is 10.5. The molecule has 3 heterocycles. The Morgan fingerprint density at radius 3 is 2.93 bits per heavy atom. The van der Waals surface area contributed by atoms with Gasteiger partial charge in [-0.1, -0.05) is 11.6 Å². The molecule has 0 spiro atoms. The number of rotatable bonds is 4. The number of aromatic nitrogens is 2. The van der Waals surface area contributed by atoms with Crippen LogP contribution in [-0.4, -0.2) is 46.4 Å². The zero-order valence-electron chi connectivity index (χ0n) is 14.9. The molecule has 1 atom stereocenters. The Morgan fingerprint density at radius 2 is 2.21 bits per heavy atom. The molecule has 0 radical (unpaired) electrons. The summed E-state index contributed by atoms with van der Waals surface area (Å²) in [6.07, 6.45) is 2.17. The highest BCUT2D eigenvalue weighted by atomic mass is 79.9. The van der Waals surface area contributed by atoms with Gasteiger partial charge in [-0.2, -0.15) is 18.7 Å². The first-order valence-corrected chi connectivity index (χ1v) is 11.0. The van der Waals surface area contributed by atoms with Crippen LogP contribution < -0.4 is 4.74 Å². The smallest absolute Gasteiger partial charge is 0.318 e. The molecule has 2 saturated heterocycles. The molecule has 4 nitrogen and oxygen atoms in total. The SMILES string of the molecule is CSc1nc(OC[C@@]23CCCN2CC(=C(F)F)C3)nc2c(F)c(Br)c(Cl)cc12. The normalized spacial score (nSPS) is 22.1. The van der Waals surface area contributed by atoms with E-state index < -0.39 is 17.4 Å². The summed E-state index contributed by atoms with van der Waals surface area (Å²) in [4.78, 5) is 10.6. The fourth-order valence-electron chi connectivity index (χ4n) is 4.01. The summed E-state index contributed by atoms with van der Waals surface area (Å²) in [5.41, 5.74) is -0.208. The van der Waals surface area contributed by atoms with Gasteiger partial charge in [-0.15, -0.1) is 11.8 Å². The molecular weight excluding hydrogens is 479 g/mol. The first-order chi connectivity index (χ1) is 13.3. The Bertz CT molecular complexity index is 988. The van der Waals surface area contributed by atoms with Crippen LogP contribution in [0, 0.1) is 5.82 Å². The molecule has 1 aromatic carbocycles. The molecule has 2 fully saturated rings. The fraction of sp³-hybridized carbons (Fsp3) is 0.444. The van der Waals surface area contributed by atoms with Crippen molar-refractivity contribution in [3.63, 3.8) is 0 Å². The van der Waals surface area contributed by atoms with Gasteiger partial charge in [0, 0.05) is 17.5 Å². The highest BCUT2D eigenvalue weighted by Crippen LogP contribution is 2.43. The summed E-state index contributed by atoms with van der Waals surface area (Å²) in [5, 5.41) is 1.27. The maximum Gasteiger partial charge on any atom is 0.318 e. The van der Waals surface area contributed by atoms with Crippen molar-refractivity contribution < 1.29 is 17.9 Å². The number of halogens is 5. The first kappa shape index (κ1) is 20.3. The van der Waals surface area contributed by atoms with Gasteiger partial charge in [0.1, 0.15) is 17.1 Å². The zero-order valence-corrected chi connectivity index (χ0v) is 18.0. The van der Waals surface area contributed by atoms with Crippen LogP contribution in [0.5, 0.6) is 6.01 Å². The Labute approximate surface area is 177 Å². The maximum atomic E-state index is 14.7. The molecule has 0 aliphatic carbocycles. The lowest BCUT2D eigenvalue weighted by Crippen LogP contribution is -2.43. The number of benzene rings is 1. The van der Waals surface area contributed by atoms with Crippen LogP contribution in [-0.2, 0) is 0 Å². The van der Waals surface area contributed by atoms with Crippen molar-refractivity contribution >= 4 is 50.2 Å². The van der Waals surface area contributed by atoms with Gasteiger partial charge in [0.05, 0.1) is 15.0 Å². The summed E-state index contributed by atoms with van der Waals surface area (Å²) < 4.78 is 46.8. The summed E-state index contributed by atoms with van der Waals surface area (Å²) in [5.74, 6) is -0.587. The highest BCUT2D eigenvalue weighted by molar-refractivity contribution is 9.10. The third-order valence-electron chi connectivity index (χ3n) is 5.37. The van der Waals surface area contributed by atoms with E-state index in [0.717, 1.165) is 19.4 Å². The maximum absolute atomic E-state index is 14.7. The standard InChI is InChI=1S/C18H16BrClF3N3OS/c1-28-16-10-5-11(20)12(19)13(21)14(10)24-17(25-16)27-8-18-3-2-4-26(18)7-9(6-18)15(22)23/h5H,2-4,6-8H2,1H3/t18-/m0/s1. The quantitative estimate of drug-likeness (QED) is 0.311. The topological polar surface area (TPSA) is 38.2 Å². The van der Waals surface area contributed by atoms with Crippen molar-refractivity contribution in [3.8, 4) is 6.01 Å². The number of ether oxygens (including phenoxy) is 1. The molecule has 1 aromatic heterocycles. The van der Waals surface area contributed by atoms with Gasteiger partial charge in [0.25, 0.3) is 6.08 Å². The third-order valence-corrected chi connectivity index (χ3v) is 7.37. The largest absolute Gasteiger partial charge is 0.461 e. The molecule has 2 aliphatic heterocycles. The number of thioether (sulfide) groups is 1. The van der Waals surface area contributed by atoms with E-state index in [1.807, 2.05) is 11.2 Å². The third kappa shape index (κ3) is 3.40. The zero-order chi connectivity index (χ0) is 20.1. The monoisotopic (exact) mass is 493 g/mol. The van der Waals surface area contributed by atoms with Gasteiger partial charge in [-0.05, 0) is 54.1 Å². The van der Waals surface area contributed by atoms with Gasteiger partial charge < -0.3 is 4.74 Å². The molecule has 0 amide bonds. The first-order valence-electron chi connectivity index (χ1n) is 8.65. The van der Waals surface area contributed by atoms with E-state index in [4.69, 9.17) is 16.3 Å². The van der Waals surface area contributed by atoms with E-state index in [-0.39, 0.29) is 46.2 Å². The van der Waals surface area contributed by atoms with E-state index >= 15 is 0 Å². The Kier molecular flexibility index (Phi) is 5.54. The van der Waals surface area contributed by atoms with Gasteiger partial charge >= 0.3 is 6.01 Å². The van der Waals surface area contributed by atoms with Crippen LogP contribution in [0.25, 0.3) is 10.9 Å². The molecule has 2 aromatic rings. The molecular formula is C18H16BrClF3N3OS. The predicted molar refractivity (Wildman–Crippen MR) is 107 cm³/mol. The van der Waals surface area contributed by atoms with Gasteiger partial charge in [-0.25, -0.2) is 4.39 Å². The van der Waals surface area contributed by atoms with E-state index in [2.05, 4.69) is 25.9 Å². The Hall–Kier alpha value is -1.03. The number of hydrogen-bond acceptors (Lipinski definition) is 5. The summed E-state index contributed by atoms with van der Waals surface area (Å²) in [6.45, 7) is 1.20. The molecule has 4 rings (SSSR count). The Morgan fingerprint density at radius 1 is 1.43 bits per heavy atom. The lowest BCUT2D eigenvalue weighted by atomic mass is 9.94. The second-order valence-electron chi connectivity index (χ2n) is 6.98. The molecule has 150 valence electrons. The average molecular weight is 495 g/mol. The Balaban J connectivity index is 1.66. The highest BCUT2D eigenvalue weighted by Gasteiger charge is 2.48. The molecule has 2 aliphatic rings. The lowest BCUT2D eigenvalue weighted by molar-refractivity contribution is 0.107. The molecule has 0 bridgehead atoms. The minimum atomic E-state index is -1.61. The van der Waals surface area contributed by atoms with Crippen LogP contribution in [0.15, 0.2) is 27.2 Å². The minimum Gasteiger partial charge on any atom is -0.461 e. The van der Waals surface area contributed by atoms with Crippen LogP contribution in [0.3, 0.4) is 0 Å². The average Bonchev–Trinajstić information content (AvgIpc) is 3.22. The fourth-order valence-corrected chi connectivity index (χ4v) is 5.05. The van der Waals surface area contributed by atoms with Gasteiger partial charge in [0.15, 0.2) is 5.82 Å². The van der Waals surface area contributed by atoms with E-state index in [1.165, 1.54) is 11.8 Å². The lowest BCUT2D eigenvalue weighted by Gasteiger charge is -2.30. The number of hydrogen-bond donors (Lipinski definition) is 0. The van der Waals surface area contributed by atoms with Crippen molar-refractivity contribution in [1.82, 2.24) is 14.9 Å². The van der Waals surface area contributed by atoms with E-state index in [9.17, 15) is 13.2 Å². The second-order valence-corrected chi connectivity index (χ2v) is 8.97. The van der Waals surface area contributed by atoms with Crippen molar-refractivity contribution in [3.05, 3.63) is 33.0 Å². The number of nitrogens with zero attached hydrogens (tertiary/aromatic N) is 3. The van der Waals surface area contributed by atoms with Crippen molar-refractivity contribution in [1.29, 1.82) is 0 Å². The molecule has 10 heteroatoms. The van der Waals surface area contributed by atoms with Crippen LogP contribution in [0.4, 0.5) is 13.2 Å². The van der Waals surface area contributed by atoms with Gasteiger partial charge in [0.2, 0.25) is 0 Å².